The van der Waals surface area contributed by atoms with Crippen LogP contribution in [0.2, 0.25) is 0 Å². The van der Waals surface area contributed by atoms with Crippen LogP contribution in [0.5, 0.6) is 5.75 Å². The summed E-state index contributed by atoms with van der Waals surface area (Å²) in [6.07, 6.45) is -18.2. The molecule has 40 heavy (non-hydrogen) atoms. The van der Waals surface area contributed by atoms with Crippen molar-refractivity contribution in [2.24, 2.45) is 0 Å². The van der Waals surface area contributed by atoms with Crippen LogP contribution in [0, 0.1) is 6.92 Å². The maximum absolute atomic E-state index is 14.2. The van der Waals surface area contributed by atoms with Crippen molar-refractivity contribution in [1.29, 1.82) is 0 Å². The molecule has 222 valence electrons. The second-order valence-electron chi connectivity index (χ2n) is 8.21. The Morgan fingerprint density at radius 3 is 1.90 bits per heavy atom. The number of para-hydroxylation sites is 1. The second-order valence-corrected chi connectivity index (χ2v) is 8.21. The molecule has 7 nitrogen and oxygen atoms in total. The monoisotopic (exact) mass is 590 g/mol. The largest absolute Gasteiger partial charge is 0.493 e. The van der Waals surface area contributed by atoms with Crippen LogP contribution < -0.4 is 15.4 Å². The first-order valence-electron chi connectivity index (χ1n) is 11.3. The maximum atomic E-state index is 14.2. The molecule has 0 radical (unpaired) electrons. The molecule has 0 unspecified atom stereocenters. The van der Waals surface area contributed by atoms with E-state index in [1.54, 1.807) is 0 Å². The van der Waals surface area contributed by atoms with Gasteiger partial charge in [-0.1, -0.05) is 24.3 Å². The first-order chi connectivity index (χ1) is 18.3. The van der Waals surface area contributed by atoms with E-state index < -0.39 is 70.7 Å². The van der Waals surface area contributed by atoms with Gasteiger partial charge in [0.1, 0.15) is 5.75 Å². The molecule has 0 saturated carbocycles. The smallest absolute Gasteiger partial charge is 0.439 e. The lowest BCUT2D eigenvalue weighted by Crippen LogP contribution is -2.72. The number of hydrogen-bond acceptors (Lipinski definition) is 6. The Bertz CT molecular complexity index is 1210. The zero-order chi connectivity index (χ0) is 30.7. The Hall–Kier alpha value is -3.69. The van der Waals surface area contributed by atoms with Crippen molar-refractivity contribution in [3.63, 3.8) is 0 Å². The van der Waals surface area contributed by atoms with Crippen LogP contribution in [0.1, 0.15) is 35.3 Å². The zero-order valence-corrected chi connectivity index (χ0v) is 20.9. The number of amides is 1. The number of esters is 1. The van der Waals surface area contributed by atoms with Crippen molar-refractivity contribution in [1.82, 2.24) is 5.32 Å². The third-order valence-corrected chi connectivity index (χ3v) is 5.53. The third-order valence-electron chi connectivity index (χ3n) is 5.53. The summed E-state index contributed by atoms with van der Waals surface area (Å²) in [6.45, 7) is 2.76. The quantitative estimate of drug-likeness (QED) is 0.207. The standard InChI is InChI=1S/C24H23F9N2O5/c1-4-39-17-9-7-6-8-15(17)18(36)35-21(23(28,29)30,24(31,32)33)34-16-11-10-14(12-13(16)3)20(38,22(25,26)27)19(37)40-5-2/h6-12,34,38H,4-5H2,1-3H3,(H,35,36)/t20-/m1/s1. The van der Waals surface area contributed by atoms with Crippen LogP contribution in [-0.2, 0) is 15.1 Å². The van der Waals surface area contributed by atoms with E-state index in [0.717, 1.165) is 36.6 Å². The van der Waals surface area contributed by atoms with Crippen LogP contribution in [0.4, 0.5) is 45.2 Å². The third kappa shape index (κ3) is 6.05. The summed E-state index contributed by atoms with van der Waals surface area (Å²) in [7, 11) is 0. The highest BCUT2D eigenvalue weighted by molar-refractivity contribution is 5.97. The molecule has 3 N–H and O–H groups in total. The molecule has 0 saturated heterocycles. The van der Waals surface area contributed by atoms with Gasteiger partial charge in [0.15, 0.2) is 0 Å². The summed E-state index contributed by atoms with van der Waals surface area (Å²) in [5.74, 6) is -4.32. The van der Waals surface area contributed by atoms with Gasteiger partial charge in [-0.15, -0.1) is 0 Å². The minimum atomic E-state index is -6.26. The molecule has 0 aliphatic heterocycles. The number of aliphatic hydroxyl groups is 1. The van der Waals surface area contributed by atoms with Gasteiger partial charge in [0.2, 0.25) is 0 Å². The number of alkyl halides is 9. The Morgan fingerprint density at radius 1 is 0.850 bits per heavy atom. The summed E-state index contributed by atoms with van der Waals surface area (Å²) < 4.78 is 135. The lowest BCUT2D eigenvalue weighted by Gasteiger charge is -2.39. The number of carbonyl (C=O) groups is 2. The number of anilines is 1. The summed E-state index contributed by atoms with van der Waals surface area (Å²) in [5.41, 5.74) is -13.1. The summed E-state index contributed by atoms with van der Waals surface area (Å²) >= 11 is 0. The summed E-state index contributed by atoms with van der Waals surface area (Å²) in [5, 5.41) is 12.3. The molecule has 0 fully saturated rings. The van der Waals surface area contributed by atoms with Gasteiger partial charge in [0.05, 0.1) is 18.8 Å². The number of hydrogen-bond donors (Lipinski definition) is 3. The van der Waals surface area contributed by atoms with E-state index in [-0.39, 0.29) is 12.4 Å². The first kappa shape index (κ1) is 32.5. The van der Waals surface area contributed by atoms with E-state index in [2.05, 4.69) is 4.74 Å². The van der Waals surface area contributed by atoms with Crippen molar-refractivity contribution < 1.29 is 63.7 Å². The van der Waals surface area contributed by atoms with Gasteiger partial charge in [0.25, 0.3) is 11.5 Å². The van der Waals surface area contributed by atoms with E-state index in [1.807, 2.05) is 0 Å². The highest BCUT2D eigenvalue weighted by atomic mass is 19.4. The molecule has 0 aliphatic carbocycles. The number of carbonyl (C=O) groups excluding carboxylic acids is 2. The van der Waals surface area contributed by atoms with Crippen LogP contribution >= 0.6 is 0 Å². The number of aryl methyl sites for hydroxylation is 1. The number of benzene rings is 2. The Morgan fingerprint density at radius 2 is 1.43 bits per heavy atom. The minimum Gasteiger partial charge on any atom is -0.493 e. The number of nitrogens with one attached hydrogen (secondary N) is 2. The average molecular weight is 590 g/mol. The number of halogens is 9. The SMILES string of the molecule is CCOC(=O)[C@](O)(c1ccc(NC(NC(=O)c2ccccc2OCC)(C(F)(F)F)C(F)(F)F)c(C)c1)C(F)(F)F. The molecule has 0 aliphatic rings. The molecule has 0 aromatic heterocycles. The molecule has 0 spiro atoms. The molecule has 1 amide bonds. The fourth-order valence-electron chi connectivity index (χ4n) is 3.51. The lowest BCUT2D eigenvalue weighted by molar-refractivity contribution is -0.294. The van der Waals surface area contributed by atoms with Crippen molar-refractivity contribution in [2.45, 2.75) is 50.6 Å². The van der Waals surface area contributed by atoms with E-state index in [0.29, 0.717) is 18.2 Å². The van der Waals surface area contributed by atoms with E-state index in [4.69, 9.17) is 4.74 Å². The number of ether oxygens (including phenoxy) is 2. The number of rotatable bonds is 9. The van der Waals surface area contributed by atoms with Gasteiger partial charge in [0, 0.05) is 11.3 Å². The molecule has 2 rings (SSSR count). The van der Waals surface area contributed by atoms with Crippen molar-refractivity contribution in [3.05, 3.63) is 59.2 Å². The minimum absolute atomic E-state index is 0.0756. The van der Waals surface area contributed by atoms with E-state index >= 15 is 0 Å². The predicted octanol–water partition coefficient (Wildman–Crippen LogP) is 5.37. The predicted molar refractivity (Wildman–Crippen MR) is 121 cm³/mol. The first-order valence-corrected chi connectivity index (χ1v) is 11.3. The summed E-state index contributed by atoms with van der Waals surface area (Å²) in [6, 6.07) is 5.56. The summed E-state index contributed by atoms with van der Waals surface area (Å²) in [4.78, 5) is 24.7. The highest BCUT2D eigenvalue weighted by Gasteiger charge is 2.73. The van der Waals surface area contributed by atoms with Crippen molar-refractivity contribution in [3.8, 4) is 5.75 Å². The molecular formula is C24H23F9N2O5. The van der Waals surface area contributed by atoms with E-state index in [9.17, 15) is 54.2 Å². The Labute approximate surface area is 221 Å². The lowest BCUT2D eigenvalue weighted by atomic mass is 9.91. The fourth-order valence-corrected chi connectivity index (χ4v) is 3.51. The molecule has 16 heteroatoms. The molecule has 2 aromatic carbocycles. The zero-order valence-electron chi connectivity index (χ0n) is 20.9. The highest BCUT2D eigenvalue weighted by Crippen LogP contribution is 2.46. The molecule has 1 atom stereocenters. The molecule has 0 bridgehead atoms. The van der Waals surface area contributed by atoms with Crippen molar-refractivity contribution >= 4 is 17.6 Å². The van der Waals surface area contributed by atoms with Crippen molar-refractivity contribution in [2.75, 3.05) is 18.5 Å². The topological polar surface area (TPSA) is 96.9 Å². The van der Waals surface area contributed by atoms with Gasteiger partial charge in [-0.05, 0) is 44.5 Å². The fraction of sp³-hybridized carbons (Fsp3) is 0.417. The van der Waals surface area contributed by atoms with Gasteiger partial charge in [-0.25, -0.2) is 4.79 Å². The van der Waals surface area contributed by atoms with Crippen LogP contribution in [0.3, 0.4) is 0 Å². The van der Waals surface area contributed by atoms with Crippen LogP contribution in [0.15, 0.2) is 42.5 Å². The molecule has 2 aromatic rings. The second kappa shape index (κ2) is 11.4. The van der Waals surface area contributed by atoms with Crippen LogP contribution in [-0.4, -0.2) is 54.4 Å². The molecule has 0 heterocycles. The van der Waals surface area contributed by atoms with Crippen LogP contribution in [0.25, 0.3) is 0 Å². The van der Waals surface area contributed by atoms with Gasteiger partial charge in [-0.3, -0.25) is 4.79 Å². The Kier molecular flexibility index (Phi) is 9.29. The Balaban J connectivity index is 2.66. The van der Waals surface area contributed by atoms with Gasteiger partial charge < -0.3 is 25.2 Å². The van der Waals surface area contributed by atoms with Gasteiger partial charge in [-0.2, -0.15) is 39.5 Å². The normalized spacial score (nSPS) is 14.2. The average Bonchev–Trinajstić information content (AvgIpc) is 2.82. The maximum Gasteiger partial charge on any atom is 0.439 e. The van der Waals surface area contributed by atoms with Gasteiger partial charge >= 0.3 is 30.2 Å². The molecular weight excluding hydrogens is 567 g/mol. The van der Waals surface area contributed by atoms with E-state index in [1.165, 1.54) is 19.1 Å².